The minimum absolute atomic E-state index is 0.0301. The maximum absolute atomic E-state index is 12.6. The van der Waals surface area contributed by atoms with E-state index in [1.807, 2.05) is 35.4 Å². The van der Waals surface area contributed by atoms with Crippen molar-refractivity contribution < 1.29 is 9.53 Å². The average Bonchev–Trinajstić information content (AvgIpc) is 3.35. The zero-order valence-corrected chi connectivity index (χ0v) is 14.8. The Hall–Kier alpha value is -2.96. The van der Waals surface area contributed by atoms with E-state index in [0.29, 0.717) is 13.1 Å². The van der Waals surface area contributed by atoms with Crippen molar-refractivity contribution in [2.75, 3.05) is 20.2 Å². The molecule has 3 N–H and O–H groups in total. The van der Waals surface area contributed by atoms with Crippen molar-refractivity contribution in [1.82, 2.24) is 25.2 Å². The number of ether oxygens (including phenoxy) is 1. The summed E-state index contributed by atoms with van der Waals surface area (Å²) in [6, 6.07) is 7.90. The number of hydrogen-bond acceptors (Lipinski definition) is 3. The molecule has 26 heavy (non-hydrogen) atoms. The van der Waals surface area contributed by atoms with Gasteiger partial charge in [0.15, 0.2) is 0 Å². The zero-order chi connectivity index (χ0) is 17.9. The van der Waals surface area contributed by atoms with Gasteiger partial charge in [0.25, 0.3) is 0 Å². The van der Waals surface area contributed by atoms with E-state index >= 15 is 0 Å². The van der Waals surface area contributed by atoms with Crippen molar-refractivity contribution >= 4 is 16.9 Å². The molecule has 7 heteroatoms. The lowest BCUT2D eigenvalue weighted by atomic mass is 9.98. The Morgan fingerprint density at radius 2 is 2.35 bits per heavy atom. The van der Waals surface area contributed by atoms with Gasteiger partial charge in [0.05, 0.1) is 13.7 Å². The summed E-state index contributed by atoms with van der Waals surface area (Å²) < 4.78 is 5.25. The Kier molecular flexibility index (Phi) is 4.51. The molecule has 1 aliphatic rings. The zero-order valence-electron chi connectivity index (χ0n) is 14.8. The van der Waals surface area contributed by atoms with Crippen LogP contribution in [-0.4, -0.2) is 46.1 Å². The number of nitrogens with one attached hydrogen (secondary N) is 3. The first kappa shape index (κ1) is 16.5. The van der Waals surface area contributed by atoms with Gasteiger partial charge in [-0.2, -0.15) is 0 Å². The topological polar surface area (TPSA) is 86.0 Å². The number of imidazole rings is 1. The largest absolute Gasteiger partial charge is 0.497 e. The number of piperidine rings is 1. The first-order valence-electron chi connectivity index (χ1n) is 8.90. The summed E-state index contributed by atoms with van der Waals surface area (Å²) in [6.07, 6.45) is 5.64. The van der Waals surface area contributed by atoms with E-state index in [4.69, 9.17) is 4.74 Å². The highest BCUT2D eigenvalue weighted by Crippen LogP contribution is 2.24. The maximum atomic E-state index is 12.6. The number of aromatic amines is 2. The standard InChI is InChI=1S/C19H23N5O2/c1-26-16-4-5-17-14(10-16)9-15(23-17)11-22-19(25)24-8-2-3-13(12-24)18-20-6-7-21-18/h4-7,9-10,13,23H,2-3,8,11-12H2,1H3,(H,20,21)(H,22,25)/t13-/m1/s1. The third-order valence-corrected chi connectivity index (χ3v) is 4.93. The van der Waals surface area contributed by atoms with E-state index < -0.39 is 0 Å². The monoisotopic (exact) mass is 353 g/mol. The molecule has 3 heterocycles. The van der Waals surface area contributed by atoms with Crippen LogP contribution in [-0.2, 0) is 6.54 Å². The fourth-order valence-corrected chi connectivity index (χ4v) is 3.56. The molecule has 3 aromatic rings. The van der Waals surface area contributed by atoms with Gasteiger partial charge in [-0.1, -0.05) is 0 Å². The van der Waals surface area contributed by atoms with E-state index in [1.165, 1.54) is 0 Å². The Morgan fingerprint density at radius 1 is 1.42 bits per heavy atom. The molecule has 7 nitrogen and oxygen atoms in total. The van der Waals surface area contributed by atoms with Gasteiger partial charge in [-0.25, -0.2) is 9.78 Å². The minimum Gasteiger partial charge on any atom is -0.497 e. The third kappa shape index (κ3) is 3.37. The van der Waals surface area contributed by atoms with Crippen LogP contribution >= 0.6 is 0 Å². The molecular weight excluding hydrogens is 330 g/mol. The average molecular weight is 353 g/mol. The first-order chi connectivity index (χ1) is 12.7. The van der Waals surface area contributed by atoms with Gasteiger partial charge in [-0.05, 0) is 37.1 Å². The van der Waals surface area contributed by atoms with Crippen LogP contribution in [0.4, 0.5) is 4.79 Å². The molecule has 0 bridgehead atoms. The lowest BCUT2D eigenvalue weighted by Gasteiger charge is -2.31. The highest BCUT2D eigenvalue weighted by molar-refractivity contribution is 5.82. The Balaban J connectivity index is 1.37. The lowest BCUT2D eigenvalue weighted by Crippen LogP contribution is -2.44. The third-order valence-electron chi connectivity index (χ3n) is 4.93. The number of H-pyrrole nitrogens is 2. The number of aromatic nitrogens is 3. The van der Waals surface area contributed by atoms with Crippen LogP contribution in [0, 0.1) is 0 Å². The molecule has 1 fully saturated rings. The molecule has 136 valence electrons. The van der Waals surface area contributed by atoms with Crippen LogP contribution in [0.15, 0.2) is 36.7 Å². The molecule has 0 saturated carbocycles. The van der Waals surface area contributed by atoms with Gasteiger partial charge in [0.1, 0.15) is 11.6 Å². The number of carbonyl (C=O) groups excluding carboxylic acids is 1. The molecule has 2 amide bonds. The van der Waals surface area contributed by atoms with E-state index in [2.05, 4.69) is 20.3 Å². The Labute approximate surface area is 151 Å². The van der Waals surface area contributed by atoms with Crippen LogP contribution in [0.3, 0.4) is 0 Å². The molecule has 0 unspecified atom stereocenters. The summed E-state index contributed by atoms with van der Waals surface area (Å²) in [5, 5.41) is 4.09. The Bertz CT molecular complexity index is 887. The van der Waals surface area contributed by atoms with Crippen molar-refractivity contribution in [1.29, 1.82) is 0 Å². The predicted molar refractivity (Wildman–Crippen MR) is 99.2 cm³/mol. The van der Waals surface area contributed by atoms with Crippen LogP contribution in [0.1, 0.15) is 30.3 Å². The molecule has 1 aliphatic heterocycles. The summed E-state index contributed by atoms with van der Waals surface area (Å²) in [5.41, 5.74) is 2.01. The number of benzene rings is 1. The molecule has 1 atom stereocenters. The molecule has 1 saturated heterocycles. The number of urea groups is 1. The normalized spacial score (nSPS) is 17.4. The number of fused-ring (bicyclic) bond motifs is 1. The molecule has 4 rings (SSSR count). The first-order valence-corrected chi connectivity index (χ1v) is 8.90. The second kappa shape index (κ2) is 7.11. The SMILES string of the molecule is COc1ccc2[nH]c(CNC(=O)N3CCC[C@@H](c4ncc[nH]4)C3)cc2c1. The second-order valence-electron chi connectivity index (χ2n) is 6.67. The van der Waals surface area contributed by atoms with Crippen LogP contribution < -0.4 is 10.1 Å². The van der Waals surface area contributed by atoms with Crippen molar-refractivity contribution in [2.45, 2.75) is 25.3 Å². The van der Waals surface area contributed by atoms with Crippen molar-refractivity contribution in [3.63, 3.8) is 0 Å². The number of carbonyl (C=O) groups is 1. The van der Waals surface area contributed by atoms with Gasteiger partial charge >= 0.3 is 6.03 Å². The fourth-order valence-electron chi connectivity index (χ4n) is 3.56. The van der Waals surface area contributed by atoms with Gasteiger partial charge in [0.2, 0.25) is 0 Å². The van der Waals surface area contributed by atoms with Gasteiger partial charge in [0, 0.05) is 48.0 Å². The predicted octanol–water partition coefficient (Wildman–Crippen LogP) is 2.99. The quantitative estimate of drug-likeness (QED) is 0.674. The van der Waals surface area contributed by atoms with E-state index in [-0.39, 0.29) is 11.9 Å². The van der Waals surface area contributed by atoms with Gasteiger partial charge < -0.3 is 24.9 Å². The van der Waals surface area contributed by atoms with E-state index in [9.17, 15) is 4.79 Å². The molecule has 0 spiro atoms. The smallest absolute Gasteiger partial charge is 0.317 e. The minimum atomic E-state index is -0.0301. The molecule has 0 aliphatic carbocycles. The number of rotatable bonds is 4. The van der Waals surface area contributed by atoms with E-state index in [0.717, 1.165) is 47.6 Å². The number of amides is 2. The van der Waals surface area contributed by atoms with Gasteiger partial charge in [-0.15, -0.1) is 0 Å². The highest BCUT2D eigenvalue weighted by Gasteiger charge is 2.26. The summed E-state index contributed by atoms with van der Waals surface area (Å²) in [5.74, 6) is 2.07. The van der Waals surface area contributed by atoms with Crippen LogP contribution in [0.2, 0.25) is 0 Å². The summed E-state index contributed by atoms with van der Waals surface area (Å²) >= 11 is 0. The number of likely N-dealkylation sites (tertiary alicyclic amines) is 1. The van der Waals surface area contributed by atoms with Crippen molar-refractivity contribution in [3.8, 4) is 5.75 Å². The van der Waals surface area contributed by atoms with Gasteiger partial charge in [-0.3, -0.25) is 0 Å². The Morgan fingerprint density at radius 3 is 3.15 bits per heavy atom. The highest BCUT2D eigenvalue weighted by atomic mass is 16.5. The molecular formula is C19H23N5O2. The molecule has 2 aromatic heterocycles. The molecule has 1 aromatic carbocycles. The summed E-state index contributed by atoms with van der Waals surface area (Å²) in [6.45, 7) is 1.95. The van der Waals surface area contributed by atoms with Crippen LogP contribution in [0.25, 0.3) is 10.9 Å². The summed E-state index contributed by atoms with van der Waals surface area (Å²) in [7, 11) is 1.66. The maximum Gasteiger partial charge on any atom is 0.317 e. The lowest BCUT2D eigenvalue weighted by molar-refractivity contribution is 0.178. The van der Waals surface area contributed by atoms with Crippen LogP contribution in [0.5, 0.6) is 5.75 Å². The summed E-state index contributed by atoms with van der Waals surface area (Å²) in [4.78, 5) is 25.3. The number of nitrogens with zero attached hydrogens (tertiary/aromatic N) is 2. The van der Waals surface area contributed by atoms with Crippen molar-refractivity contribution in [3.05, 3.63) is 48.2 Å². The number of methoxy groups -OCH3 is 1. The number of hydrogen-bond donors (Lipinski definition) is 3. The van der Waals surface area contributed by atoms with E-state index in [1.54, 1.807) is 13.3 Å². The van der Waals surface area contributed by atoms with Crippen molar-refractivity contribution in [2.24, 2.45) is 0 Å². The fraction of sp³-hybridized carbons (Fsp3) is 0.368. The second-order valence-corrected chi connectivity index (χ2v) is 6.67. The molecule has 0 radical (unpaired) electrons.